The van der Waals surface area contributed by atoms with E-state index in [0.29, 0.717) is 48.5 Å². The van der Waals surface area contributed by atoms with Crippen LogP contribution in [0.5, 0.6) is 0 Å². The van der Waals surface area contributed by atoms with Crippen LogP contribution in [-0.2, 0) is 20.7 Å². The van der Waals surface area contributed by atoms with Crippen LogP contribution < -0.4 is 5.32 Å². The lowest BCUT2D eigenvalue weighted by atomic mass is 9.93. The lowest BCUT2D eigenvalue weighted by Gasteiger charge is -2.24. The number of aromatic nitrogens is 1. The number of carbonyl (C=O) groups excluding carboxylic acids is 2. The van der Waals surface area contributed by atoms with Gasteiger partial charge < -0.3 is 24.8 Å². The van der Waals surface area contributed by atoms with E-state index in [1.54, 1.807) is 24.1 Å². The molecule has 3 aliphatic heterocycles. The Balaban J connectivity index is 1.34. The maximum Gasteiger partial charge on any atom is 0.410 e. The van der Waals surface area contributed by atoms with Crippen molar-refractivity contribution in [2.45, 2.75) is 57.8 Å². The Bertz CT molecular complexity index is 1300. The minimum absolute atomic E-state index is 0.0974. The molecular formula is C28H30FN3O5. The summed E-state index contributed by atoms with van der Waals surface area (Å²) in [6, 6.07) is 7.98. The third-order valence-electron chi connectivity index (χ3n) is 7.03. The Morgan fingerprint density at radius 1 is 1.32 bits per heavy atom. The maximum atomic E-state index is 13.9. The van der Waals surface area contributed by atoms with Crippen LogP contribution in [0.4, 0.5) is 14.9 Å². The molecule has 0 spiro atoms. The summed E-state index contributed by atoms with van der Waals surface area (Å²) < 4.78 is 25.2. The summed E-state index contributed by atoms with van der Waals surface area (Å²) in [5.41, 5.74) is 3.21. The predicted octanol–water partition coefficient (Wildman–Crippen LogP) is 4.30. The molecule has 2 N–H and O–H groups in total. The van der Waals surface area contributed by atoms with Gasteiger partial charge in [-0.2, -0.15) is 0 Å². The number of allylic oxidation sites excluding steroid dienone is 1. The van der Waals surface area contributed by atoms with Crippen LogP contribution in [0.2, 0.25) is 0 Å². The number of halogens is 1. The van der Waals surface area contributed by atoms with Gasteiger partial charge in [-0.25, -0.2) is 9.18 Å². The molecule has 1 saturated heterocycles. The van der Waals surface area contributed by atoms with Crippen LogP contribution in [0, 0.1) is 5.82 Å². The second kappa shape index (κ2) is 9.63. The van der Waals surface area contributed by atoms with Crippen LogP contribution in [-0.4, -0.2) is 57.9 Å². The average Bonchev–Trinajstić information content (AvgIpc) is 3.49. The van der Waals surface area contributed by atoms with E-state index in [1.807, 2.05) is 32.1 Å². The van der Waals surface area contributed by atoms with Gasteiger partial charge >= 0.3 is 6.09 Å². The van der Waals surface area contributed by atoms with E-state index in [1.165, 1.54) is 12.1 Å². The number of fused-ring (bicyclic) bond motifs is 1. The van der Waals surface area contributed by atoms with Gasteiger partial charge in [0.15, 0.2) is 0 Å². The SMILES string of the molecule is CCOC(=O)N1C[C@@H](O)CC1CCc1ccc(C2=C/C(=C3\C(=O)Nc4ccc(F)cc43)OC2(C)C)cn1. The van der Waals surface area contributed by atoms with Crippen molar-refractivity contribution in [1.29, 1.82) is 0 Å². The number of amides is 2. The smallest absolute Gasteiger partial charge is 0.410 e. The van der Waals surface area contributed by atoms with Gasteiger partial charge in [0.05, 0.1) is 24.8 Å². The van der Waals surface area contributed by atoms with Crippen LogP contribution in [0.1, 0.15) is 50.4 Å². The summed E-state index contributed by atoms with van der Waals surface area (Å²) >= 11 is 0. The van der Waals surface area contributed by atoms with Crippen molar-refractivity contribution >= 4 is 28.8 Å². The van der Waals surface area contributed by atoms with Crippen LogP contribution in [0.15, 0.2) is 48.4 Å². The molecule has 1 aromatic carbocycles. The average molecular weight is 508 g/mol. The molecule has 1 unspecified atom stereocenters. The highest BCUT2D eigenvalue weighted by Crippen LogP contribution is 2.44. The van der Waals surface area contributed by atoms with Crippen molar-refractivity contribution in [3.05, 3.63) is 71.0 Å². The Labute approximate surface area is 214 Å². The Morgan fingerprint density at radius 2 is 2.14 bits per heavy atom. The predicted molar refractivity (Wildman–Crippen MR) is 136 cm³/mol. The van der Waals surface area contributed by atoms with Gasteiger partial charge in [-0.3, -0.25) is 9.78 Å². The summed E-state index contributed by atoms with van der Waals surface area (Å²) in [6.45, 7) is 6.16. The summed E-state index contributed by atoms with van der Waals surface area (Å²) in [7, 11) is 0. The molecule has 0 bridgehead atoms. The third-order valence-corrected chi connectivity index (χ3v) is 7.03. The number of aliphatic hydroxyl groups excluding tert-OH is 1. The molecule has 5 rings (SSSR count). The number of β-amino-alcohol motifs (C(OH)–C–C–N with tert-alkyl or cyclic N) is 1. The molecule has 37 heavy (non-hydrogen) atoms. The van der Waals surface area contributed by atoms with Gasteiger partial charge in [0.25, 0.3) is 5.91 Å². The molecule has 0 saturated carbocycles. The highest BCUT2D eigenvalue weighted by Gasteiger charge is 2.38. The number of benzene rings is 1. The lowest BCUT2D eigenvalue weighted by Crippen LogP contribution is -2.36. The van der Waals surface area contributed by atoms with Crippen molar-refractivity contribution in [2.24, 2.45) is 0 Å². The van der Waals surface area contributed by atoms with E-state index in [4.69, 9.17) is 9.47 Å². The second-order valence-corrected chi connectivity index (χ2v) is 10.0. The Hall–Kier alpha value is -3.72. The minimum Gasteiger partial charge on any atom is -0.482 e. The molecule has 0 aliphatic carbocycles. The number of aryl methyl sites for hydroxylation is 1. The van der Waals surface area contributed by atoms with Crippen LogP contribution in [0.25, 0.3) is 11.1 Å². The van der Waals surface area contributed by atoms with Crippen molar-refractivity contribution in [1.82, 2.24) is 9.88 Å². The number of anilines is 1. The van der Waals surface area contributed by atoms with Crippen LogP contribution in [0.3, 0.4) is 0 Å². The standard InChI is InChI=1S/C28H30FN3O5/c1-4-36-27(35)32-15-20(33)12-19(32)9-8-18-7-5-16(14-30-18)22-13-24(37-28(22,2)3)25-21-11-17(29)6-10-23(21)31-26(25)34/h5-7,10-11,13-14,19-20,33H,4,8-9,12,15H2,1-3H3,(H,31,34)/b25-24+/t19?,20-/m0/s1. The molecule has 1 aromatic heterocycles. The molecule has 0 radical (unpaired) electrons. The van der Waals surface area contributed by atoms with Gasteiger partial charge in [-0.1, -0.05) is 6.07 Å². The molecule has 194 valence electrons. The molecule has 8 nitrogen and oxygen atoms in total. The first kappa shape index (κ1) is 25.0. The zero-order chi connectivity index (χ0) is 26.3. The largest absolute Gasteiger partial charge is 0.482 e. The number of carbonyl (C=O) groups is 2. The first-order chi connectivity index (χ1) is 17.7. The molecule has 2 aromatic rings. The zero-order valence-corrected chi connectivity index (χ0v) is 21.1. The molecule has 4 heterocycles. The molecular weight excluding hydrogens is 477 g/mol. The number of hydrogen-bond acceptors (Lipinski definition) is 6. The monoisotopic (exact) mass is 507 g/mol. The highest BCUT2D eigenvalue weighted by atomic mass is 19.1. The third kappa shape index (κ3) is 4.83. The number of nitrogens with zero attached hydrogens (tertiary/aromatic N) is 2. The number of ether oxygens (including phenoxy) is 2. The van der Waals surface area contributed by atoms with Gasteiger partial charge in [0.1, 0.15) is 17.2 Å². The van der Waals surface area contributed by atoms with Gasteiger partial charge in [-0.05, 0) is 70.4 Å². The number of rotatable bonds is 5. The molecule has 9 heteroatoms. The summed E-state index contributed by atoms with van der Waals surface area (Å²) in [5.74, 6) is -0.358. The maximum absolute atomic E-state index is 13.9. The molecule has 2 atom stereocenters. The number of aliphatic hydroxyl groups is 1. The first-order valence-corrected chi connectivity index (χ1v) is 12.5. The number of pyridine rings is 1. The van der Waals surface area contributed by atoms with E-state index in [-0.39, 0.29) is 18.5 Å². The van der Waals surface area contributed by atoms with Gasteiger partial charge in [0.2, 0.25) is 0 Å². The van der Waals surface area contributed by atoms with Gasteiger partial charge in [-0.15, -0.1) is 0 Å². The number of hydrogen-bond donors (Lipinski definition) is 2. The fraction of sp³-hybridized carbons (Fsp3) is 0.393. The zero-order valence-electron chi connectivity index (χ0n) is 21.1. The van der Waals surface area contributed by atoms with Crippen molar-refractivity contribution in [3.63, 3.8) is 0 Å². The Morgan fingerprint density at radius 3 is 2.86 bits per heavy atom. The van der Waals surface area contributed by atoms with E-state index < -0.39 is 23.6 Å². The normalized spacial score (nSPS) is 24.0. The number of likely N-dealkylation sites (tertiary alicyclic amines) is 1. The highest BCUT2D eigenvalue weighted by molar-refractivity contribution is 6.32. The van der Waals surface area contributed by atoms with E-state index in [0.717, 1.165) is 16.8 Å². The fourth-order valence-electron chi connectivity index (χ4n) is 5.24. The quantitative estimate of drug-likeness (QED) is 0.586. The Kier molecular flexibility index (Phi) is 6.49. The minimum atomic E-state index is -0.720. The van der Waals surface area contributed by atoms with Gasteiger partial charge in [0, 0.05) is 40.3 Å². The fourth-order valence-corrected chi connectivity index (χ4v) is 5.24. The molecule has 3 aliphatic rings. The lowest BCUT2D eigenvalue weighted by molar-refractivity contribution is -0.111. The summed E-state index contributed by atoms with van der Waals surface area (Å²) in [4.78, 5) is 31.1. The number of nitrogens with one attached hydrogen (secondary N) is 1. The second-order valence-electron chi connectivity index (χ2n) is 10.0. The topological polar surface area (TPSA) is 101 Å². The van der Waals surface area contributed by atoms with Crippen molar-refractivity contribution < 1.29 is 28.6 Å². The first-order valence-electron chi connectivity index (χ1n) is 12.5. The van der Waals surface area contributed by atoms with E-state index in [2.05, 4.69) is 10.3 Å². The van der Waals surface area contributed by atoms with Crippen molar-refractivity contribution in [3.8, 4) is 0 Å². The molecule has 2 amide bonds. The summed E-state index contributed by atoms with van der Waals surface area (Å²) in [6.07, 6.45) is 4.49. The van der Waals surface area contributed by atoms with E-state index in [9.17, 15) is 19.1 Å². The van der Waals surface area contributed by atoms with E-state index >= 15 is 0 Å². The van der Waals surface area contributed by atoms with Crippen LogP contribution >= 0.6 is 0 Å². The van der Waals surface area contributed by atoms with Crippen molar-refractivity contribution in [2.75, 3.05) is 18.5 Å². The molecule has 1 fully saturated rings. The summed E-state index contributed by atoms with van der Waals surface area (Å²) in [5, 5.41) is 12.8.